The Hall–Kier alpha value is -3.01. The lowest BCUT2D eigenvalue weighted by atomic mass is 10.0. The highest BCUT2D eigenvalue weighted by Crippen LogP contribution is 2.28. The van der Waals surface area contributed by atoms with E-state index in [9.17, 15) is 21.2 Å². The molecule has 0 amide bonds. The predicted octanol–water partition coefficient (Wildman–Crippen LogP) is 3.14. The molecule has 0 heterocycles. The summed E-state index contributed by atoms with van der Waals surface area (Å²) < 4.78 is 61.6. The number of hydrogen-bond acceptors (Lipinski definition) is 4. The van der Waals surface area contributed by atoms with Crippen LogP contribution in [0.25, 0.3) is 17.2 Å². The molecule has 6 nitrogen and oxygen atoms in total. The lowest BCUT2D eigenvalue weighted by Gasteiger charge is -2.16. The molecule has 150 valence electrons. The Balaban J connectivity index is 1.95. The van der Waals surface area contributed by atoms with Gasteiger partial charge >= 0.3 is 0 Å². The fourth-order valence-electron chi connectivity index (χ4n) is 2.76. The number of nitrogens with two attached hydrogens (primary N) is 1. The molecule has 3 aromatic carbocycles. The molecule has 9 heteroatoms. The Kier molecular flexibility index (Phi) is 6.12. The maximum absolute atomic E-state index is 14.0. The first-order valence-electron chi connectivity index (χ1n) is 8.36. The highest BCUT2D eigenvalue weighted by atomic mass is 32.2. The minimum atomic E-state index is -4.48. The van der Waals surface area contributed by atoms with Crippen LogP contribution in [0, 0.1) is 5.82 Å². The Bertz CT molecular complexity index is 1220. The molecule has 0 atom stereocenters. The van der Waals surface area contributed by atoms with Crippen LogP contribution < -0.4 is 9.44 Å². The summed E-state index contributed by atoms with van der Waals surface area (Å²) in [4.78, 5) is -0.886. The Morgan fingerprint density at radius 1 is 0.862 bits per heavy atom. The average molecular weight is 432 g/mol. The summed E-state index contributed by atoms with van der Waals surface area (Å²) in [5.41, 5.74) is 2.29. The third kappa shape index (κ3) is 4.89. The molecule has 0 saturated carbocycles. The van der Waals surface area contributed by atoms with Crippen molar-refractivity contribution in [3.63, 3.8) is 0 Å². The number of nitrogens with zero attached hydrogens (tertiary/aromatic N) is 1. The largest absolute Gasteiger partial charge is 0.246 e. The first-order valence-corrected chi connectivity index (χ1v) is 11.0. The van der Waals surface area contributed by atoms with Crippen LogP contribution in [0.4, 0.5) is 10.1 Å². The van der Waals surface area contributed by atoms with Gasteiger partial charge in [-0.25, -0.2) is 30.7 Å². The molecule has 3 rings (SSSR count). The normalized spacial score (nSPS) is 11.8. The van der Waals surface area contributed by atoms with E-state index in [2.05, 4.69) is 0 Å². The minimum absolute atomic E-state index is 0.388. The summed E-state index contributed by atoms with van der Waals surface area (Å²) in [5.74, 6) is -1.13. The quantitative estimate of drug-likeness (QED) is 0.585. The molecule has 0 aromatic heterocycles. The Morgan fingerprint density at radius 3 is 2.07 bits per heavy atom. The molecule has 2 N–H and O–H groups in total. The third-order valence-electron chi connectivity index (χ3n) is 4.08. The average Bonchev–Trinajstić information content (AvgIpc) is 2.68. The lowest BCUT2D eigenvalue weighted by Crippen LogP contribution is -2.21. The molecule has 0 spiro atoms. The van der Waals surface area contributed by atoms with Gasteiger partial charge in [0.2, 0.25) is 20.9 Å². The zero-order valence-electron chi connectivity index (χ0n) is 15.0. The van der Waals surface area contributed by atoms with Gasteiger partial charge in [-0.15, -0.1) is 0 Å². The van der Waals surface area contributed by atoms with E-state index in [1.54, 1.807) is 12.1 Å². The van der Waals surface area contributed by atoms with Crippen molar-refractivity contribution in [2.45, 2.75) is 4.90 Å². The van der Waals surface area contributed by atoms with E-state index >= 15 is 0 Å². The van der Waals surface area contributed by atoms with Crippen molar-refractivity contribution in [2.75, 3.05) is 4.31 Å². The zero-order chi connectivity index (χ0) is 21.0. The molecule has 0 radical (unpaired) electrons. The number of benzene rings is 3. The molecule has 0 bridgehead atoms. The summed E-state index contributed by atoms with van der Waals surface area (Å²) in [5, 5.41) is 5.06. The molecule has 0 aliphatic carbocycles. The lowest BCUT2D eigenvalue weighted by molar-refractivity contribution is 0.568. The molecule has 3 aromatic rings. The van der Waals surface area contributed by atoms with Crippen molar-refractivity contribution in [3.8, 4) is 11.1 Å². The van der Waals surface area contributed by atoms with Crippen LogP contribution >= 0.6 is 0 Å². The van der Waals surface area contributed by atoms with E-state index in [-0.39, 0.29) is 5.69 Å². The molecule has 0 fully saturated rings. The number of halogens is 1. The number of primary sulfonamides is 1. The minimum Gasteiger partial charge on any atom is -0.246 e. The monoisotopic (exact) mass is 432 g/mol. The van der Waals surface area contributed by atoms with Gasteiger partial charge < -0.3 is 0 Å². The standard InChI is InChI=1S/C20H17FN2O4S2/c21-18-7-4-8-19(20(18)29(22,26)27)23(28(24)25)14-13-15-9-11-17(12-10-15)16-5-2-1-3-6-16/h1-14,28H,(H2,22,26,27). The van der Waals surface area contributed by atoms with Gasteiger partial charge in [-0.05, 0) is 34.9 Å². The summed E-state index contributed by atoms with van der Waals surface area (Å²) in [7, 11) is -7.77. The van der Waals surface area contributed by atoms with Gasteiger partial charge in [-0.2, -0.15) is 0 Å². The molecule has 0 aliphatic heterocycles. The van der Waals surface area contributed by atoms with E-state index in [1.165, 1.54) is 12.1 Å². The topological polar surface area (TPSA) is 97.5 Å². The van der Waals surface area contributed by atoms with E-state index in [4.69, 9.17) is 5.14 Å². The third-order valence-corrected chi connectivity index (χ3v) is 5.75. The molecule has 0 saturated heterocycles. The number of anilines is 1. The van der Waals surface area contributed by atoms with Crippen LogP contribution in [0.5, 0.6) is 0 Å². The van der Waals surface area contributed by atoms with Gasteiger partial charge in [0.05, 0.1) is 5.69 Å². The van der Waals surface area contributed by atoms with Gasteiger partial charge in [0, 0.05) is 6.20 Å². The number of sulfonamides is 1. The second-order valence-corrected chi connectivity index (χ2v) is 8.42. The fourth-order valence-corrected chi connectivity index (χ4v) is 4.14. The van der Waals surface area contributed by atoms with Gasteiger partial charge in [0.15, 0.2) is 0 Å². The second kappa shape index (κ2) is 8.56. The van der Waals surface area contributed by atoms with Crippen molar-refractivity contribution in [2.24, 2.45) is 5.14 Å². The molecular formula is C20H17FN2O4S2. The van der Waals surface area contributed by atoms with E-state index in [0.29, 0.717) is 9.87 Å². The van der Waals surface area contributed by atoms with Crippen molar-refractivity contribution in [3.05, 3.63) is 90.4 Å². The predicted molar refractivity (Wildman–Crippen MR) is 111 cm³/mol. The van der Waals surface area contributed by atoms with Gasteiger partial charge in [0.25, 0.3) is 0 Å². The summed E-state index contributed by atoms with van der Waals surface area (Å²) >= 11 is 0. The van der Waals surface area contributed by atoms with Crippen molar-refractivity contribution in [1.82, 2.24) is 0 Å². The van der Waals surface area contributed by atoms with Crippen LogP contribution in [-0.4, -0.2) is 16.8 Å². The summed E-state index contributed by atoms with van der Waals surface area (Å²) in [6, 6.07) is 20.3. The number of thiol groups is 1. The van der Waals surface area contributed by atoms with Crippen molar-refractivity contribution in [1.29, 1.82) is 0 Å². The second-order valence-electron chi connectivity index (χ2n) is 6.02. The number of rotatable bonds is 6. The molecular weight excluding hydrogens is 415 g/mol. The van der Waals surface area contributed by atoms with Crippen LogP contribution in [0.3, 0.4) is 0 Å². The van der Waals surface area contributed by atoms with E-state index in [1.807, 2.05) is 42.5 Å². The highest BCUT2D eigenvalue weighted by Gasteiger charge is 2.23. The summed E-state index contributed by atoms with van der Waals surface area (Å²) in [6.45, 7) is 0. The zero-order valence-corrected chi connectivity index (χ0v) is 16.7. The van der Waals surface area contributed by atoms with Gasteiger partial charge in [-0.3, -0.25) is 0 Å². The first kappa shape index (κ1) is 20.7. The van der Waals surface area contributed by atoms with Gasteiger partial charge in [-0.1, -0.05) is 60.7 Å². The van der Waals surface area contributed by atoms with Crippen LogP contribution in [0.2, 0.25) is 0 Å². The smallest absolute Gasteiger partial charge is 0.243 e. The van der Waals surface area contributed by atoms with Crippen molar-refractivity contribution < 1.29 is 21.2 Å². The fraction of sp³-hybridized carbons (Fsp3) is 0. The van der Waals surface area contributed by atoms with E-state index in [0.717, 1.165) is 29.5 Å². The van der Waals surface area contributed by atoms with Gasteiger partial charge in [0.1, 0.15) is 10.7 Å². The molecule has 0 aliphatic rings. The Labute approximate surface area is 169 Å². The van der Waals surface area contributed by atoms with E-state index < -0.39 is 31.6 Å². The van der Waals surface area contributed by atoms with Crippen molar-refractivity contribution >= 4 is 32.7 Å². The molecule has 0 unspecified atom stereocenters. The maximum Gasteiger partial charge on any atom is 0.243 e. The Morgan fingerprint density at radius 2 is 1.48 bits per heavy atom. The van der Waals surface area contributed by atoms with Crippen LogP contribution in [0.15, 0.2) is 83.9 Å². The maximum atomic E-state index is 14.0. The first-order chi connectivity index (χ1) is 13.8. The summed E-state index contributed by atoms with van der Waals surface area (Å²) in [6.07, 6.45) is 2.62. The SMILES string of the molecule is NS(=O)(=O)c1c(F)cccc1N(C=Cc1ccc(-c2ccccc2)cc1)[SH](=O)=O. The van der Waals surface area contributed by atoms with Crippen LogP contribution in [-0.2, 0) is 20.9 Å². The van der Waals surface area contributed by atoms with Crippen LogP contribution in [0.1, 0.15) is 5.56 Å². The number of hydrogen-bond donors (Lipinski definition) is 2. The molecule has 29 heavy (non-hydrogen) atoms. The highest BCUT2D eigenvalue weighted by molar-refractivity contribution is 7.89.